The van der Waals surface area contributed by atoms with Gasteiger partial charge < -0.3 is 5.32 Å². The van der Waals surface area contributed by atoms with Gasteiger partial charge in [0.05, 0.1) is 0 Å². The zero-order valence-electron chi connectivity index (χ0n) is 10.2. The van der Waals surface area contributed by atoms with E-state index in [-0.39, 0.29) is 17.0 Å². The molecule has 0 amide bonds. The van der Waals surface area contributed by atoms with Gasteiger partial charge in [-0.05, 0) is 31.0 Å². The normalized spacial score (nSPS) is 11.9. The highest BCUT2D eigenvalue weighted by molar-refractivity contribution is 7.16. The Morgan fingerprint density at radius 3 is 2.74 bits per heavy atom. The molecule has 0 aliphatic carbocycles. The van der Waals surface area contributed by atoms with E-state index in [1.54, 1.807) is 12.1 Å². The second-order valence-corrected chi connectivity index (χ2v) is 5.48. The summed E-state index contributed by atoms with van der Waals surface area (Å²) in [4.78, 5) is 4.47. The zero-order valence-corrected chi connectivity index (χ0v) is 11.7. The smallest absolute Gasteiger partial charge is 0.185 e. The Morgan fingerprint density at radius 2 is 2.16 bits per heavy atom. The van der Waals surface area contributed by atoms with Crippen molar-refractivity contribution in [3.8, 4) is 6.07 Å². The first kappa shape index (κ1) is 13.8. The van der Waals surface area contributed by atoms with Crippen molar-refractivity contribution >= 4 is 28.1 Å². The lowest BCUT2D eigenvalue weighted by Gasteiger charge is -2.12. The van der Waals surface area contributed by atoms with E-state index < -0.39 is 0 Å². The number of benzene rings is 1. The van der Waals surface area contributed by atoms with Gasteiger partial charge in [-0.15, -0.1) is 0 Å². The Kier molecular flexibility index (Phi) is 4.35. The maximum Gasteiger partial charge on any atom is 0.185 e. The summed E-state index contributed by atoms with van der Waals surface area (Å²) in [6.07, 6.45) is 0.735. The topological polar surface area (TPSA) is 48.7 Å². The molecular formula is C13H11ClFN3S. The summed E-state index contributed by atoms with van der Waals surface area (Å²) in [6, 6.07) is 8.48. The molecule has 0 saturated carbocycles. The van der Waals surface area contributed by atoms with Crippen LogP contribution in [0.1, 0.15) is 17.4 Å². The fourth-order valence-corrected chi connectivity index (χ4v) is 2.73. The molecule has 0 saturated heterocycles. The van der Waals surface area contributed by atoms with Crippen molar-refractivity contribution in [1.29, 1.82) is 5.26 Å². The monoisotopic (exact) mass is 295 g/mol. The third-order valence-corrected chi connectivity index (χ3v) is 3.79. The quantitative estimate of drug-likeness (QED) is 0.932. The predicted octanol–water partition coefficient (Wildman–Crippen LogP) is 3.85. The maximum atomic E-state index is 12.8. The number of thiazole rings is 1. The van der Waals surface area contributed by atoms with E-state index in [2.05, 4.69) is 10.3 Å². The molecule has 0 spiro atoms. The second kappa shape index (κ2) is 6.00. The Balaban J connectivity index is 1.99. The molecule has 0 aliphatic rings. The summed E-state index contributed by atoms with van der Waals surface area (Å²) in [6.45, 7) is 1.99. The maximum absolute atomic E-state index is 12.8. The van der Waals surface area contributed by atoms with Crippen LogP contribution in [0.3, 0.4) is 0 Å². The van der Waals surface area contributed by atoms with Gasteiger partial charge in [0.15, 0.2) is 10.3 Å². The van der Waals surface area contributed by atoms with Gasteiger partial charge in [0, 0.05) is 6.04 Å². The van der Waals surface area contributed by atoms with E-state index in [1.807, 2.05) is 13.0 Å². The summed E-state index contributed by atoms with van der Waals surface area (Å²) in [5, 5.41) is 12.8. The molecule has 1 atom stereocenters. The Morgan fingerprint density at radius 1 is 1.47 bits per heavy atom. The van der Waals surface area contributed by atoms with Crippen LogP contribution >= 0.6 is 22.9 Å². The molecule has 1 N–H and O–H groups in total. The highest BCUT2D eigenvalue weighted by Gasteiger charge is 2.11. The summed E-state index contributed by atoms with van der Waals surface area (Å²) < 4.78 is 12.8. The van der Waals surface area contributed by atoms with Gasteiger partial charge in [-0.1, -0.05) is 35.1 Å². The van der Waals surface area contributed by atoms with Gasteiger partial charge in [0.2, 0.25) is 0 Å². The van der Waals surface area contributed by atoms with Crippen LogP contribution in [0.15, 0.2) is 24.3 Å². The highest BCUT2D eigenvalue weighted by atomic mass is 35.5. The van der Waals surface area contributed by atoms with Crippen LogP contribution in [0.4, 0.5) is 9.52 Å². The SMILES string of the molecule is CC(Cc1ccc(F)cc1)Nc1nc(Cl)c(C#N)s1. The van der Waals surface area contributed by atoms with E-state index in [0.717, 1.165) is 12.0 Å². The number of nitrogens with zero attached hydrogens (tertiary/aromatic N) is 2. The molecule has 1 aromatic heterocycles. The lowest BCUT2D eigenvalue weighted by molar-refractivity contribution is 0.626. The van der Waals surface area contributed by atoms with Crippen LogP contribution in [-0.2, 0) is 6.42 Å². The van der Waals surface area contributed by atoms with Crippen LogP contribution in [0, 0.1) is 17.1 Å². The van der Waals surface area contributed by atoms with Gasteiger partial charge in [0.1, 0.15) is 16.8 Å². The minimum atomic E-state index is -0.241. The molecule has 1 heterocycles. The van der Waals surface area contributed by atoms with E-state index in [9.17, 15) is 4.39 Å². The second-order valence-electron chi connectivity index (χ2n) is 4.13. The van der Waals surface area contributed by atoms with Crippen LogP contribution < -0.4 is 5.32 Å². The summed E-state index contributed by atoms with van der Waals surface area (Å²) in [5.74, 6) is -0.241. The molecule has 1 aromatic carbocycles. The molecule has 0 bridgehead atoms. The molecule has 3 nitrogen and oxygen atoms in total. The van der Waals surface area contributed by atoms with Crippen LogP contribution in [-0.4, -0.2) is 11.0 Å². The molecule has 19 heavy (non-hydrogen) atoms. The molecular weight excluding hydrogens is 285 g/mol. The number of nitrogens with one attached hydrogen (secondary N) is 1. The summed E-state index contributed by atoms with van der Waals surface area (Å²) in [7, 11) is 0. The number of hydrogen-bond acceptors (Lipinski definition) is 4. The van der Waals surface area contributed by atoms with Crippen LogP contribution in [0.25, 0.3) is 0 Å². The molecule has 0 radical (unpaired) electrons. The number of aromatic nitrogens is 1. The van der Waals surface area contributed by atoms with Crippen LogP contribution in [0.2, 0.25) is 5.15 Å². The lowest BCUT2D eigenvalue weighted by atomic mass is 10.1. The van der Waals surface area contributed by atoms with E-state index in [0.29, 0.717) is 10.0 Å². The van der Waals surface area contributed by atoms with Gasteiger partial charge in [-0.25, -0.2) is 9.37 Å². The highest BCUT2D eigenvalue weighted by Crippen LogP contribution is 2.26. The average Bonchev–Trinajstić information content (AvgIpc) is 2.72. The minimum absolute atomic E-state index is 0.110. The number of halogens is 2. The molecule has 6 heteroatoms. The summed E-state index contributed by atoms with van der Waals surface area (Å²) >= 11 is 7.03. The first-order chi connectivity index (χ1) is 9.08. The fraction of sp³-hybridized carbons (Fsp3) is 0.231. The zero-order chi connectivity index (χ0) is 13.8. The molecule has 98 valence electrons. The van der Waals surface area contributed by atoms with Crippen molar-refractivity contribution in [3.63, 3.8) is 0 Å². The number of anilines is 1. The first-order valence-electron chi connectivity index (χ1n) is 5.66. The lowest BCUT2D eigenvalue weighted by Crippen LogP contribution is -2.17. The standard InChI is InChI=1S/C13H11ClFN3S/c1-8(6-9-2-4-10(15)5-3-9)17-13-18-12(14)11(7-16)19-13/h2-5,8H,6H2,1H3,(H,17,18). The molecule has 2 rings (SSSR count). The third kappa shape index (κ3) is 3.66. The van der Waals surface area contributed by atoms with Crippen LogP contribution in [0.5, 0.6) is 0 Å². The van der Waals surface area contributed by atoms with E-state index in [1.165, 1.54) is 23.5 Å². The van der Waals surface area contributed by atoms with Crippen molar-refractivity contribution in [2.24, 2.45) is 0 Å². The average molecular weight is 296 g/mol. The number of hydrogen-bond donors (Lipinski definition) is 1. The van der Waals surface area contributed by atoms with Crippen molar-refractivity contribution < 1.29 is 4.39 Å². The van der Waals surface area contributed by atoms with Gasteiger partial charge in [0.25, 0.3) is 0 Å². The molecule has 0 aliphatic heterocycles. The van der Waals surface area contributed by atoms with Crippen molar-refractivity contribution in [2.75, 3.05) is 5.32 Å². The Hall–Kier alpha value is -1.64. The van der Waals surface area contributed by atoms with Gasteiger partial charge >= 0.3 is 0 Å². The molecule has 2 aromatic rings. The largest absolute Gasteiger partial charge is 0.359 e. The third-order valence-electron chi connectivity index (χ3n) is 2.51. The van der Waals surface area contributed by atoms with Crippen molar-refractivity contribution in [3.05, 3.63) is 45.7 Å². The first-order valence-corrected chi connectivity index (χ1v) is 6.85. The minimum Gasteiger partial charge on any atom is -0.359 e. The van der Waals surface area contributed by atoms with Gasteiger partial charge in [-0.3, -0.25) is 0 Å². The number of nitriles is 1. The predicted molar refractivity (Wildman–Crippen MR) is 75.0 cm³/mol. The van der Waals surface area contributed by atoms with Crippen molar-refractivity contribution in [2.45, 2.75) is 19.4 Å². The molecule has 0 fully saturated rings. The van der Waals surface area contributed by atoms with Crippen molar-refractivity contribution in [1.82, 2.24) is 4.98 Å². The molecule has 1 unspecified atom stereocenters. The Labute approximate surface area is 119 Å². The Bertz CT molecular complexity index is 603. The van der Waals surface area contributed by atoms with E-state index >= 15 is 0 Å². The summed E-state index contributed by atoms with van der Waals surface area (Å²) in [5.41, 5.74) is 1.03. The number of rotatable bonds is 4. The van der Waals surface area contributed by atoms with E-state index in [4.69, 9.17) is 16.9 Å². The fourth-order valence-electron chi connectivity index (χ4n) is 1.67. The van der Waals surface area contributed by atoms with Gasteiger partial charge in [-0.2, -0.15) is 5.26 Å².